The van der Waals surface area contributed by atoms with Crippen molar-refractivity contribution in [3.63, 3.8) is 0 Å². The Morgan fingerprint density at radius 3 is 2.94 bits per heavy atom. The van der Waals surface area contributed by atoms with Gasteiger partial charge in [0.15, 0.2) is 6.04 Å². The molecule has 0 aromatic heterocycles. The molecule has 6 nitrogen and oxygen atoms in total. The Balaban J connectivity index is 1.95. The Kier molecular flexibility index (Phi) is 3.28. The SMILES string of the molecule is O=C(O)C1COC(=O)N1CC1CCCOC1. The second-order valence-corrected chi connectivity index (χ2v) is 4.17. The maximum absolute atomic E-state index is 11.4. The lowest BCUT2D eigenvalue weighted by molar-refractivity contribution is -0.141. The monoisotopic (exact) mass is 229 g/mol. The molecule has 2 unspecified atom stereocenters. The predicted octanol–water partition coefficient (Wildman–Crippen LogP) is 0.318. The maximum atomic E-state index is 11.4. The summed E-state index contributed by atoms with van der Waals surface area (Å²) in [4.78, 5) is 23.5. The summed E-state index contributed by atoms with van der Waals surface area (Å²) in [6.07, 6.45) is 1.40. The molecule has 2 aliphatic heterocycles. The highest BCUT2D eigenvalue weighted by atomic mass is 16.6. The van der Waals surface area contributed by atoms with E-state index in [1.807, 2.05) is 0 Å². The Morgan fingerprint density at radius 1 is 1.50 bits per heavy atom. The fourth-order valence-electron chi connectivity index (χ4n) is 2.09. The lowest BCUT2D eigenvalue weighted by Gasteiger charge is -2.27. The van der Waals surface area contributed by atoms with Crippen molar-refractivity contribution in [1.29, 1.82) is 0 Å². The minimum atomic E-state index is -1.01. The number of carboxylic acid groups (broad SMARTS) is 1. The van der Waals surface area contributed by atoms with Crippen molar-refractivity contribution in [3.05, 3.63) is 0 Å². The third kappa shape index (κ3) is 2.27. The first-order valence-corrected chi connectivity index (χ1v) is 5.42. The van der Waals surface area contributed by atoms with Crippen LogP contribution in [0.25, 0.3) is 0 Å². The number of rotatable bonds is 3. The van der Waals surface area contributed by atoms with Crippen molar-refractivity contribution in [2.45, 2.75) is 18.9 Å². The number of carboxylic acids is 1. The minimum Gasteiger partial charge on any atom is -0.480 e. The molecular formula is C10H15NO5. The molecule has 2 rings (SSSR count). The number of carbonyl (C=O) groups excluding carboxylic acids is 1. The Labute approximate surface area is 93.1 Å². The van der Waals surface area contributed by atoms with Crippen molar-refractivity contribution in [2.75, 3.05) is 26.4 Å². The molecule has 0 radical (unpaired) electrons. The van der Waals surface area contributed by atoms with E-state index in [9.17, 15) is 9.59 Å². The molecular weight excluding hydrogens is 214 g/mol. The van der Waals surface area contributed by atoms with Gasteiger partial charge in [-0.1, -0.05) is 0 Å². The third-order valence-electron chi connectivity index (χ3n) is 2.97. The van der Waals surface area contributed by atoms with Gasteiger partial charge in [-0.15, -0.1) is 0 Å². The largest absolute Gasteiger partial charge is 0.480 e. The summed E-state index contributed by atoms with van der Waals surface area (Å²) in [5.74, 6) is -0.788. The smallest absolute Gasteiger partial charge is 0.410 e. The van der Waals surface area contributed by atoms with Gasteiger partial charge in [-0.2, -0.15) is 0 Å². The number of ether oxygens (including phenoxy) is 2. The fourth-order valence-corrected chi connectivity index (χ4v) is 2.09. The number of nitrogens with zero attached hydrogens (tertiary/aromatic N) is 1. The standard InChI is InChI=1S/C10H15NO5/c12-9(13)8-6-16-10(14)11(8)4-7-2-1-3-15-5-7/h7-8H,1-6H2,(H,12,13). The highest BCUT2D eigenvalue weighted by Crippen LogP contribution is 2.20. The molecule has 2 aliphatic rings. The molecule has 0 bridgehead atoms. The van der Waals surface area contributed by atoms with E-state index in [1.165, 1.54) is 4.90 Å². The number of amides is 1. The van der Waals surface area contributed by atoms with Crippen LogP contribution < -0.4 is 0 Å². The van der Waals surface area contributed by atoms with E-state index >= 15 is 0 Å². The quantitative estimate of drug-likeness (QED) is 0.754. The van der Waals surface area contributed by atoms with E-state index in [0.29, 0.717) is 13.2 Å². The van der Waals surface area contributed by atoms with Gasteiger partial charge in [0.05, 0.1) is 6.61 Å². The molecule has 16 heavy (non-hydrogen) atoms. The maximum Gasteiger partial charge on any atom is 0.410 e. The zero-order valence-corrected chi connectivity index (χ0v) is 8.92. The van der Waals surface area contributed by atoms with Gasteiger partial charge in [-0.25, -0.2) is 9.59 Å². The first kappa shape index (κ1) is 11.2. The lowest BCUT2D eigenvalue weighted by atomic mass is 10.0. The van der Waals surface area contributed by atoms with Gasteiger partial charge in [0.1, 0.15) is 6.61 Å². The van der Waals surface area contributed by atoms with Crippen LogP contribution in [-0.4, -0.2) is 54.5 Å². The van der Waals surface area contributed by atoms with Gasteiger partial charge >= 0.3 is 12.1 Å². The van der Waals surface area contributed by atoms with Crippen LogP contribution in [0.1, 0.15) is 12.8 Å². The molecule has 1 amide bonds. The van der Waals surface area contributed by atoms with E-state index in [0.717, 1.165) is 19.4 Å². The van der Waals surface area contributed by atoms with E-state index < -0.39 is 18.1 Å². The second-order valence-electron chi connectivity index (χ2n) is 4.17. The molecule has 0 aromatic carbocycles. The van der Waals surface area contributed by atoms with Gasteiger partial charge in [0.2, 0.25) is 0 Å². The highest BCUT2D eigenvalue weighted by Gasteiger charge is 2.39. The zero-order chi connectivity index (χ0) is 11.5. The van der Waals surface area contributed by atoms with Gasteiger partial charge < -0.3 is 14.6 Å². The van der Waals surface area contributed by atoms with Crippen molar-refractivity contribution in [3.8, 4) is 0 Å². The molecule has 2 atom stereocenters. The topological polar surface area (TPSA) is 76.1 Å². The summed E-state index contributed by atoms with van der Waals surface area (Å²) in [7, 11) is 0. The van der Waals surface area contributed by atoms with Crippen LogP contribution in [0.15, 0.2) is 0 Å². The summed E-state index contributed by atoms with van der Waals surface area (Å²) >= 11 is 0. The molecule has 2 saturated heterocycles. The van der Waals surface area contributed by atoms with Crippen LogP contribution in [0.4, 0.5) is 4.79 Å². The molecule has 1 N–H and O–H groups in total. The number of aliphatic carboxylic acids is 1. The van der Waals surface area contributed by atoms with Crippen LogP contribution in [0.3, 0.4) is 0 Å². The summed E-state index contributed by atoms with van der Waals surface area (Å²) in [5, 5.41) is 8.93. The molecule has 6 heteroatoms. The van der Waals surface area contributed by atoms with Crippen LogP contribution in [-0.2, 0) is 14.3 Å². The van der Waals surface area contributed by atoms with Crippen molar-refractivity contribution in [2.24, 2.45) is 5.92 Å². The van der Waals surface area contributed by atoms with Crippen molar-refractivity contribution < 1.29 is 24.2 Å². The normalized spacial score (nSPS) is 30.2. The van der Waals surface area contributed by atoms with Crippen molar-refractivity contribution in [1.82, 2.24) is 4.90 Å². The predicted molar refractivity (Wildman–Crippen MR) is 53.0 cm³/mol. The summed E-state index contributed by atoms with van der Waals surface area (Å²) in [5.41, 5.74) is 0. The number of hydrogen-bond acceptors (Lipinski definition) is 4. The van der Waals surface area contributed by atoms with E-state index in [1.54, 1.807) is 0 Å². The van der Waals surface area contributed by atoms with Gasteiger partial charge in [0.25, 0.3) is 0 Å². The van der Waals surface area contributed by atoms with Crippen LogP contribution in [0, 0.1) is 5.92 Å². The Hall–Kier alpha value is -1.30. The summed E-state index contributed by atoms with van der Waals surface area (Å²) in [6, 6.07) is -0.838. The van der Waals surface area contributed by atoms with Gasteiger partial charge in [-0.3, -0.25) is 4.90 Å². The van der Waals surface area contributed by atoms with Gasteiger partial charge in [0, 0.05) is 19.1 Å². The second kappa shape index (κ2) is 4.69. The fraction of sp³-hybridized carbons (Fsp3) is 0.800. The molecule has 2 heterocycles. The average molecular weight is 229 g/mol. The molecule has 0 aliphatic carbocycles. The highest BCUT2D eigenvalue weighted by molar-refractivity contribution is 5.82. The van der Waals surface area contributed by atoms with E-state index in [4.69, 9.17) is 14.6 Å². The van der Waals surface area contributed by atoms with Crippen LogP contribution >= 0.6 is 0 Å². The Morgan fingerprint density at radius 2 is 2.31 bits per heavy atom. The summed E-state index contributed by atoms with van der Waals surface area (Å²) < 4.78 is 10.0. The molecule has 2 fully saturated rings. The van der Waals surface area contributed by atoms with E-state index in [2.05, 4.69) is 0 Å². The third-order valence-corrected chi connectivity index (χ3v) is 2.97. The molecule has 0 aromatic rings. The minimum absolute atomic E-state index is 0.0538. The molecule has 0 spiro atoms. The zero-order valence-electron chi connectivity index (χ0n) is 8.92. The lowest BCUT2D eigenvalue weighted by Crippen LogP contribution is -2.43. The number of cyclic esters (lactones) is 1. The van der Waals surface area contributed by atoms with Gasteiger partial charge in [-0.05, 0) is 12.8 Å². The van der Waals surface area contributed by atoms with Crippen molar-refractivity contribution >= 4 is 12.1 Å². The summed E-state index contributed by atoms with van der Waals surface area (Å²) in [6.45, 7) is 1.71. The first-order valence-electron chi connectivity index (χ1n) is 5.42. The number of carbonyl (C=O) groups is 2. The average Bonchev–Trinajstić information content (AvgIpc) is 2.62. The Bertz CT molecular complexity index is 287. The van der Waals surface area contributed by atoms with Crippen LogP contribution in [0.2, 0.25) is 0 Å². The number of hydrogen-bond donors (Lipinski definition) is 1. The van der Waals surface area contributed by atoms with Crippen LogP contribution in [0.5, 0.6) is 0 Å². The van der Waals surface area contributed by atoms with E-state index in [-0.39, 0.29) is 12.5 Å². The first-order chi connectivity index (χ1) is 7.68. The molecule has 90 valence electrons. The molecule has 0 saturated carbocycles.